The molecule has 1 N–H and O–H groups in total. The first kappa shape index (κ1) is 20.4. The Morgan fingerprint density at radius 3 is 2.45 bits per heavy atom. The van der Waals surface area contributed by atoms with Gasteiger partial charge >= 0.3 is 11.9 Å². The minimum absolute atomic E-state index is 0.264. The van der Waals surface area contributed by atoms with E-state index in [-0.39, 0.29) is 6.61 Å². The molecule has 0 aliphatic heterocycles. The first-order chi connectivity index (χ1) is 14.0. The van der Waals surface area contributed by atoms with Gasteiger partial charge in [0.1, 0.15) is 5.75 Å². The summed E-state index contributed by atoms with van der Waals surface area (Å²) in [5.41, 5.74) is 3.45. The number of ether oxygens (including phenoxy) is 3. The summed E-state index contributed by atoms with van der Waals surface area (Å²) in [4.78, 5) is 35.3. The van der Waals surface area contributed by atoms with Gasteiger partial charge in [0, 0.05) is 5.69 Å². The maximum atomic E-state index is 11.9. The first-order valence-electron chi connectivity index (χ1n) is 9.52. The molecule has 1 aliphatic rings. The highest BCUT2D eigenvalue weighted by atomic mass is 16.6. The van der Waals surface area contributed by atoms with Gasteiger partial charge < -0.3 is 19.5 Å². The van der Waals surface area contributed by atoms with Crippen LogP contribution in [0.15, 0.2) is 42.5 Å². The number of hydrogen-bond donors (Lipinski definition) is 1. The summed E-state index contributed by atoms with van der Waals surface area (Å²) in [7, 11) is 0. The van der Waals surface area contributed by atoms with Crippen LogP contribution in [0.2, 0.25) is 0 Å². The van der Waals surface area contributed by atoms with E-state index in [9.17, 15) is 14.4 Å². The summed E-state index contributed by atoms with van der Waals surface area (Å²) in [6, 6.07) is 12.0. The number of fused-ring (bicyclic) bond motifs is 1. The Morgan fingerprint density at radius 1 is 0.931 bits per heavy atom. The van der Waals surface area contributed by atoms with E-state index >= 15 is 0 Å². The normalized spacial score (nSPS) is 12.0. The third-order valence-corrected chi connectivity index (χ3v) is 4.47. The topological polar surface area (TPSA) is 90.9 Å². The van der Waals surface area contributed by atoms with Gasteiger partial charge in [-0.1, -0.05) is 6.07 Å². The molecular formula is C22H23NO6. The van der Waals surface area contributed by atoms with Crippen molar-refractivity contribution in [2.75, 3.05) is 25.1 Å². The van der Waals surface area contributed by atoms with Crippen LogP contribution in [0.1, 0.15) is 34.8 Å². The van der Waals surface area contributed by atoms with Gasteiger partial charge in [0.2, 0.25) is 0 Å². The van der Waals surface area contributed by atoms with E-state index < -0.39 is 24.5 Å². The average Bonchev–Trinajstić information content (AvgIpc) is 3.19. The minimum atomic E-state index is -0.627. The van der Waals surface area contributed by atoms with Gasteiger partial charge in [-0.15, -0.1) is 0 Å². The van der Waals surface area contributed by atoms with Crippen molar-refractivity contribution in [2.45, 2.75) is 26.2 Å². The molecule has 1 aliphatic carbocycles. The molecule has 29 heavy (non-hydrogen) atoms. The number of aryl methyl sites for hydroxylation is 2. The molecule has 0 bridgehead atoms. The second kappa shape index (κ2) is 9.73. The van der Waals surface area contributed by atoms with E-state index in [1.807, 2.05) is 18.2 Å². The fourth-order valence-corrected chi connectivity index (χ4v) is 3.07. The highest BCUT2D eigenvalue weighted by Gasteiger charge is 2.13. The highest BCUT2D eigenvalue weighted by Crippen LogP contribution is 2.25. The molecule has 0 saturated carbocycles. The number of nitrogens with one attached hydrogen (secondary N) is 1. The first-order valence-corrected chi connectivity index (χ1v) is 9.52. The smallest absolute Gasteiger partial charge is 0.344 e. The molecule has 2 aromatic carbocycles. The van der Waals surface area contributed by atoms with E-state index in [0.29, 0.717) is 23.6 Å². The van der Waals surface area contributed by atoms with Gasteiger partial charge in [-0.25, -0.2) is 9.59 Å². The molecule has 0 spiro atoms. The van der Waals surface area contributed by atoms with Crippen LogP contribution in [0.4, 0.5) is 5.69 Å². The maximum absolute atomic E-state index is 11.9. The lowest BCUT2D eigenvalue weighted by Gasteiger charge is -2.09. The molecule has 3 rings (SSSR count). The fourth-order valence-electron chi connectivity index (χ4n) is 3.07. The summed E-state index contributed by atoms with van der Waals surface area (Å²) >= 11 is 0. The summed E-state index contributed by atoms with van der Waals surface area (Å²) in [5, 5.41) is 2.59. The summed E-state index contributed by atoms with van der Waals surface area (Å²) in [6.07, 6.45) is 3.25. The Balaban J connectivity index is 1.39. The van der Waals surface area contributed by atoms with Crippen LogP contribution < -0.4 is 10.1 Å². The van der Waals surface area contributed by atoms with Gasteiger partial charge in [-0.05, 0) is 73.7 Å². The molecule has 2 aromatic rings. The van der Waals surface area contributed by atoms with E-state index in [2.05, 4.69) is 5.32 Å². The lowest BCUT2D eigenvalue weighted by molar-refractivity contribution is -0.149. The van der Waals surface area contributed by atoms with Crippen LogP contribution in [-0.4, -0.2) is 37.7 Å². The maximum Gasteiger partial charge on any atom is 0.344 e. The van der Waals surface area contributed by atoms with Gasteiger partial charge in [-0.3, -0.25) is 4.79 Å². The van der Waals surface area contributed by atoms with Crippen molar-refractivity contribution >= 4 is 23.5 Å². The Hall–Kier alpha value is -3.35. The zero-order chi connectivity index (χ0) is 20.6. The number of anilines is 1. The van der Waals surface area contributed by atoms with Crippen LogP contribution in [-0.2, 0) is 31.9 Å². The zero-order valence-corrected chi connectivity index (χ0v) is 16.2. The predicted molar refractivity (Wildman–Crippen MR) is 106 cm³/mol. The molecule has 0 fully saturated rings. The summed E-state index contributed by atoms with van der Waals surface area (Å²) in [5.74, 6) is -0.922. The second-order valence-electron chi connectivity index (χ2n) is 6.58. The van der Waals surface area contributed by atoms with Gasteiger partial charge in [-0.2, -0.15) is 0 Å². The molecule has 0 heterocycles. The van der Waals surface area contributed by atoms with E-state index in [1.54, 1.807) is 31.2 Å². The number of esters is 2. The highest BCUT2D eigenvalue weighted by molar-refractivity contribution is 5.94. The van der Waals surface area contributed by atoms with Crippen molar-refractivity contribution in [3.05, 3.63) is 59.2 Å². The van der Waals surface area contributed by atoms with E-state index in [4.69, 9.17) is 14.2 Å². The number of carbonyl (C=O) groups is 3. The van der Waals surface area contributed by atoms with Crippen LogP contribution in [0.25, 0.3) is 0 Å². The molecule has 0 saturated heterocycles. The molecular weight excluding hydrogens is 374 g/mol. The van der Waals surface area contributed by atoms with E-state index in [1.165, 1.54) is 11.1 Å². The number of carbonyl (C=O) groups excluding carboxylic acids is 3. The van der Waals surface area contributed by atoms with Crippen molar-refractivity contribution in [3.63, 3.8) is 0 Å². The Labute approximate surface area is 169 Å². The minimum Gasteiger partial charge on any atom is -0.482 e. The van der Waals surface area contributed by atoms with Gasteiger partial charge in [0.05, 0.1) is 12.2 Å². The van der Waals surface area contributed by atoms with Crippen molar-refractivity contribution in [1.82, 2.24) is 0 Å². The number of amides is 1. The van der Waals surface area contributed by atoms with Gasteiger partial charge in [0.25, 0.3) is 5.91 Å². The number of benzene rings is 2. The van der Waals surface area contributed by atoms with E-state index in [0.717, 1.165) is 19.3 Å². The SMILES string of the molecule is CCOC(=O)c1ccc(NC(=O)COC(=O)COc2ccc3c(c2)CCC3)cc1. The Kier molecular flexibility index (Phi) is 6.84. The van der Waals surface area contributed by atoms with Gasteiger partial charge in [0.15, 0.2) is 13.2 Å². The summed E-state index contributed by atoms with van der Waals surface area (Å²) < 4.78 is 15.3. The predicted octanol–water partition coefficient (Wildman–Crippen LogP) is 2.91. The standard InChI is InChI=1S/C22H23NO6/c1-2-27-22(26)16-6-9-18(10-7-16)23-20(24)13-29-21(25)14-28-19-11-8-15-4-3-5-17(15)12-19/h6-12H,2-5,13-14H2,1H3,(H,23,24). The molecule has 0 radical (unpaired) electrons. The molecule has 7 heteroatoms. The summed E-state index contributed by atoms with van der Waals surface area (Å²) in [6.45, 7) is 1.33. The average molecular weight is 397 g/mol. The quantitative estimate of drug-likeness (QED) is 0.689. The Morgan fingerprint density at radius 2 is 1.69 bits per heavy atom. The molecule has 1 amide bonds. The van der Waals surface area contributed by atoms with Crippen LogP contribution >= 0.6 is 0 Å². The van der Waals surface area contributed by atoms with Crippen LogP contribution in [0, 0.1) is 0 Å². The molecule has 0 aromatic heterocycles. The van der Waals surface area contributed by atoms with Crippen molar-refractivity contribution in [3.8, 4) is 5.75 Å². The number of rotatable bonds is 8. The lowest BCUT2D eigenvalue weighted by atomic mass is 10.1. The third-order valence-electron chi connectivity index (χ3n) is 4.47. The lowest BCUT2D eigenvalue weighted by Crippen LogP contribution is -2.23. The molecule has 7 nitrogen and oxygen atoms in total. The van der Waals surface area contributed by atoms with Crippen LogP contribution in [0.3, 0.4) is 0 Å². The molecule has 0 atom stereocenters. The fraction of sp³-hybridized carbons (Fsp3) is 0.318. The van der Waals surface area contributed by atoms with Crippen molar-refractivity contribution < 1.29 is 28.6 Å². The largest absolute Gasteiger partial charge is 0.482 e. The molecule has 152 valence electrons. The van der Waals surface area contributed by atoms with Crippen LogP contribution in [0.5, 0.6) is 5.75 Å². The third kappa shape index (κ3) is 5.81. The number of hydrogen-bond acceptors (Lipinski definition) is 6. The second-order valence-corrected chi connectivity index (χ2v) is 6.58. The van der Waals surface area contributed by atoms with Crippen molar-refractivity contribution in [1.29, 1.82) is 0 Å². The Bertz CT molecular complexity index is 891. The van der Waals surface area contributed by atoms with Crippen molar-refractivity contribution in [2.24, 2.45) is 0 Å². The molecule has 0 unspecified atom stereocenters. The monoisotopic (exact) mass is 397 g/mol. The zero-order valence-electron chi connectivity index (χ0n) is 16.2.